The molecule has 1 saturated carbocycles. The van der Waals surface area contributed by atoms with Crippen molar-refractivity contribution in [1.29, 1.82) is 0 Å². The summed E-state index contributed by atoms with van der Waals surface area (Å²) in [5.41, 5.74) is -1.56. The molecule has 0 atom stereocenters. The average Bonchev–Trinajstić information content (AvgIpc) is 2.88. The second-order valence-electron chi connectivity index (χ2n) is 5.44. The monoisotopic (exact) mass is 279 g/mol. The number of aromatic amines is 1. The first-order valence-corrected chi connectivity index (χ1v) is 6.75. The van der Waals surface area contributed by atoms with Crippen molar-refractivity contribution in [2.75, 3.05) is 0 Å². The Hall–Kier alpha value is -1.91. The number of carboxylic acids is 1. The number of aromatic nitrogens is 1. The summed E-state index contributed by atoms with van der Waals surface area (Å²) in [5, 5.41) is 9.99. The molecule has 2 aromatic rings. The third-order valence-electron chi connectivity index (χ3n) is 4.33. The molecule has 0 spiro atoms. The quantitative estimate of drug-likeness (QED) is 0.880. The maximum atomic E-state index is 14.6. The third-order valence-corrected chi connectivity index (χ3v) is 4.33. The molecule has 0 radical (unpaired) electrons. The number of hydrogen-bond donors (Lipinski definition) is 2. The Balaban J connectivity index is 2.28. The van der Waals surface area contributed by atoms with Gasteiger partial charge in [-0.05, 0) is 25.0 Å². The highest BCUT2D eigenvalue weighted by Crippen LogP contribution is 2.43. The van der Waals surface area contributed by atoms with Crippen LogP contribution in [0.3, 0.4) is 0 Å². The minimum absolute atomic E-state index is 0.174. The van der Waals surface area contributed by atoms with Crippen molar-refractivity contribution in [1.82, 2.24) is 4.98 Å². The molecule has 1 aromatic carbocycles. The van der Waals surface area contributed by atoms with Crippen LogP contribution >= 0.6 is 0 Å². The fourth-order valence-corrected chi connectivity index (χ4v) is 3.30. The Bertz CT molecular complexity index is 672. The number of halogens is 2. The van der Waals surface area contributed by atoms with E-state index in [4.69, 9.17) is 0 Å². The van der Waals surface area contributed by atoms with E-state index >= 15 is 0 Å². The zero-order chi connectivity index (χ0) is 14.3. The van der Waals surface area contributed by atoms with Gasteiger partial charge in [0.2, 0.25) is 0 Å². The van der Waals surface area contributed by atoms with Crippen molar-refractivity contribution in [3.8, 4) is 0 Å². The van der Waals surface area contributed by atoms with Crippen LogP contribution in [0.1, 0.15) is 37.7 Å². The van der Waals surface area contributed by atoms with Crippen molar-refractivity contribution < 1.29 is 18.7 Å². The van der Waals surface area contributed by atoms with Gasteiger partial charge in [0.1, 0.15) is 5.82 Å². The Labute approximate surface area is 114 Å². The lowest BCUT2D eigenvalue weighted by Crippen LogP contribution is -2.39. The lowest BCUT2D eigenvalue weighted by molar-refractivity contribution is -0.145. The van der Waals surface area contributed by atoms with Gasteiger partial charge in [-0.1, -0.05) is 19.3 Å². The van der Waals surface area contributed by atoms with Crippen LogP contribution in [0.2, 0.25) is 0 Å². The number of H-pyrrole nitrogens is 1. The van der Waals surface area contributed by atoms with Crippen LogP contribution in [0.25, 0.3) is 10.9 Å². The maximum absolute atomic E-state index is 14.6. The predicted molar refractivity (Wildman–Crippen MR) is 70.6 cm³/mol. The normalized spacial score (nSPS) is 18.3. The molecule has 1 fully saturated rings. The van der Waals surface area contributed by atoms with E-state index in [1.807, 2.05) is 0 Å². The number of carbonyl (C=O) groups is 1. The van der Waals surface area contributed by atoms with Gasteiger partial charge >= 0.3 is 5.97 Å². The van der Waals surface area contributed by atoms with Gasteiger partial charge in [-0.2, -0.15) is 0 Å². The molecule has 20 heavy (non-hydrogen) atoms. The smallest absolute Gasteiger partial charge is 0.314 e. The molecule has 0 amide bonds. The van der Waals surface area contributed by atoms with Crippen molar-refractivity contribution in [3.05, 3.63) is 35.5 Å². The first-order valence-electron chi connectivity index (χ1n) is 6.75. The first kappa shape index (κ1) is 13.1. The maximum Gasteiger partial charge on any atom is 0.314 e. The van der Waals surface area contributed by atoms with Gasteiger partial charge < -0.3 is 10.1 Å². The summed E-state index contributed by atoms with van der Waals surface area (Å²) in [4.78, 5) is 14.4. The molecule has 1 aromatic heterocycles. The van der Waals surface area contributed by atoms with E-state index in [-0.39, 0.29) is 23.9 Å². The number of aliphatic carboxylic acids is 1. The Morgan fingerprint density at radius 3 is 2.60 bits per heavy atom. The van der Waals surface area contributed by atoms with Crippen molar-refractivity contribution in [2.24, 2.45) is 0 Å². The summed E-state index contributed by atoms with van der Waals surface area (Å²) in [6.07, 6.45) is 4.33. The summed E-state index contributed by atoms with van der Waals surface area (Å²) in [5.74, 6) is -2.67. The first-order chi connectivity index (χ1) is 9.56. The zero-order valence-corrected chi connectivity index (χ0v) is 10.9. The molecule has 0 bridgehead atoms. The van der Waals surface area contributed by atoms with Gasteiger partial charge in [-0.15, -0.1) is 0 Å². The summed E-state index contributed by atoms with van der Waals surface area (Å²) >= 11 is 0. The van der Waals surface area contributed by atoms with Gasteiger partial charge in [0.15, 0.2) is 5.82 Å². The predicted octanol–water partition coefficient (Wildman–Crippen LogP) is 3.73. The zero-order valence-electron chi connectivity index (χ0n) is 10.9. The molecule has 1 heterocycles. The summed E-state index contributed by atoms with van der Waals surface area (Å²) in [6, 6.07) is 2.78. The minimum Gasteiger partial charge on any atom is -0.481 e. The minimum atomic E-state index is -1.44. The van der Waals surface area contributed by atoms with Crippen LogP contribution in [0.5, 0.6) is 0 Å². The molecule has 0 aliphatic heterocycles. The standard InChI is InChI=1S/C15H15F2NO2/c16-10-8-9-4-7-18-13(9)12(17)11(10)15(14(19)20)5-2-1-3-6-15/h4,7-8,18H,1-3,5-6H2,(H,19,20). The van der Waals surface area contributed by atoms with Gasteiger partial charge in [-0.3, -0.25) is 4.79 Å². The van der Waals surface area contributed by atoms with E-state index in [9.17, 15) is 18.7 Å². The fraction of sp³-hybridized carbons (Fsp3) is 0.400. The lowest BCUT2D eigenvalue weighted by atomic mass is 9.69. The fourth-order valence-electron chi connectivity index (χ4n) is 3.30. The van der Waals surface area contributed by atoms with Crippen LogP contribution < -0.4 is 0 Å². The second-order valence-corrected chi connectivity index (χ2v) is 5.44. The lowest BCUT2D eigenvalue weighted by Gasteiger charge is -2.34. The number of hydrogen-bond acceptors (Lipinski definition) is 1. The van der Waals surface area contributed by atoms with E-state index in [0.29, 0.717) is 18.2 Å². The third kappa shape index (κ3) is 1.72. The summed E-state index contributed by atoms with van der Waals surface area (Å²) < 4.78 is 28.9. The molecule has 2 N–H and O–H groups in total. The van der Waals surface area contributed by atoms with E-state index in [1.165, 1.54) is 12.3 Å². The summed E-state index contributed by atoms with van der Waals surface area (Å²) in [7, 11) is 0. The van der Waals surface area contributed by atoms with Crippen molar-refractivity contribution in [3.63, 3.8) is 0 Å². The highest BCUT2D eigenvalue weighted by molar-refractivity contribution is 5.86. The molecule has 3 nitrogen and oxygen atoms in total. The molecule has 106 valence electrons. The number of fused-ring (bicyclic) bond motifs is 1. The SMILES string of the molecule is O=C(O)C1(c2c(F)cc3cc[nH]c3c2F)CCCCC1. The molecule has 1 aliphatic carbocycles. The van der Waals surface area contributed by atoms with Gasteiger partial charge in [0.05, 0.1) is 10.9 Å². The molecular weight excluding hydrogens is 264 g/mol. The molecular formula is C15H15F2NO2. The van der Waals surface area contributed by atoms with Gasteiger partial charge in [0, 0.05) is 17.1 Å². The Morgan fingerprint density at radius 1 is 1.25 bits per heavy atom. The van der Waals surface area contributed by atoms with Crippen LogP contribution in [-0.4, -0.2) is 16.1 Å². The molecule has 3 rings (SSSR count). The van der Waals surface area contributed by atoms with Crippen LogP contribution in [-0.2, 0) is 10.2 Å². The molecule has 0 saturated heterocycles. The van der Waals surface area contributed by atoms with E-state index < -0.39 is 23.0 Å². The number of rotatable bonds is 2. The topological polar surface area (TPSA) is 53.1 Å². The van der Waals surface area contributed by atoms with Gasteiger partial charge in [-0.25, -0.2) is 8.78 Å². The number of benzene rings is 1. The van der Waals surface area contributed by atoms with E-state index in [2.05, 4.69) is 4.98 Å². The highest BCUT2D eigenvalue weighted by atomic mass is 19.1. The molecule has 5 heteroatoms. The Kier molecular flexibility index (Phi) is 3.00. The van der Waals surface area contributed by atoms with Crippen LogP contribution in [0, 0.1) is 11.6 Å². The van der Waals surface area contributed by atoms with Crippen molar-refractivity contribution >= 4 is 16.9 Å². The molecule has 1 aliphatic rings. The summed E-state index contributed by atoms with van der Waals surface area (Å²) in [6.45, 7) is 0. The Morgan fingerprint density at radius 2 is 1.95 bits per heavy atom. The van der Waals surface area contributed by atoms with Crippen LogP contribution in [0.15, 0.2) is 18.3 Å². The molecule has 0 unspecified atom stereocenters. The largest absolute Gasteiger partial charge is 0.481 e. The van der Waals surface area contributed by atoms with E-state index in [0.717, 1.165) is 6.42 Å². The highest BCUT2D eigenvalue weighted by Gasteiger charge is 2.45. The van der Waals surface area contributed by atoms with Crippen molar-refractivity contribution in [2.45, 2.75) is 37.5 Å². The number of carboxylic acid groups (broad SMARTS) is 1. The van der Waals surface area contributed by atoms with E-state index in [1.54, 1.807) is 6.07 Å². The number of nitrogens with one attached hydrogen (secondary N) is 1. The van der Waals surface area contributed by atoms with Gasteiger partial charge in [0.25, 0.3) is 0 Å². The average molecular weight is 279 g/mol. The van der Waals surface area contributed by atoms with Crippen LogP contribution in [0.4, 0.5) is 8.78 Å². The second kappa shape index (κ2) is 4.58.